The lowest BCUT2D eigenvalue weighted by atomic mass is 9.89. The van der Waals surface area contributed by atoms with Gasteiger partial charge in [-0.3, -0.25) is 0 Å². The van der Waals surface area contributed by atoms with Crippen LogP contribution in [0.1, 0.15) is 37.7 Å². The second-order valence-electron chi connectivity index (χ2n) is 5.01. The molecule has 0 aromatic heterocycles. The summed E-state index contributed by atoms with van der Waals surface area (Å²) in [5.74, 6) is 0. The van der Waals surface area contributed by atoms with E-state index in [1.807, 2.05) is 6.07 Å². The van der Waals surface area contributed by atoms with Gasteiger partial charge in [-0.05, 0) is 31.4 Å². The summed E-state index contributed by atoms with van der Waals surface area (Å²) in [6.07, 6.45) is 4.20. The minimum Gasteiger partial charge on any atom is -0.302 e. The van der Waals surface area contributed by atoms with Gasteiger partial charge in [-0.15, -0.1) is 0 Å². The molecule has 98 valence electrons. The highest BCUT2D eigenvalue weighted by Gasteiger charge is 2.45. The van der Waals surface area contributed by atoms with Crippen LogP contribution in [0.25, 0.3) is 0 Å². The van der Waals surface area contributed by atoms with Gasteiger partial charge >= 0.3 is 0 Å². The third-order valence-electron chi connectivity index (χ3n) is 3.83. The van der Waals surface area contributed by atoms with E-state index >= 15 is 0 Å². The fraction of sp³-hybridized carbons (Fsp3) is 0.500. The zero-order valence-electron chi connectivity index (χ0n) is 10.6. The Hall–Kier alpha value is -1.16. The fourth-order valence-electron chi connectivity index (χ4n) is 2.68. The lowest BCUT2D eigenvalue weighted by molar-refractivity contribution is -0.110. The van der Waals surface area contributed by atoms with E-state index in [2.05, 4.69) is 0 Å². The van der Waals surface area contributed by atoms with Gasteiger partial charge in [-0.2, -0.15) is 0 Å². The third kappa shape index (κ3) is 1.99. The van der Waals surface area contributed by atoms with Crippen LogP contribution >= 0.6 is 0 Å². The van der Waals surface area contributed by atoms with E-state index in [4.69, 9.17) is 0 Å². The SMILES string of the molecule is Cc1ccccc1S(=O)(=O)C1(C=O)CCCCC1. The van der Waals surface area contributed by atoms with Crippen LogP contribution in [0.5, 0.6) is 0 Å². The second-order valence-corrected chi connectivity index (χ2v) is 7.27. The number of hydrogen-bond donors (Lipinski definition) is 0. The number of sulfone groups is 1. The number of hydrogen-bond acceptors (Lipinski definition) is 3. The predicted octanol–water partition coefficient (Wildman–Crippen LogP) is 2.67. The maximum atomic E-state index is 12.7. The molecule has 0 spiro atoms. The molecule has 1 saturated carbocycles. The molecule has 0 bridgehead atoms. The number of benzene rings is 1. The Kier molecular flexibility index (Phi) is 3.57. The summed E-state index contributed by atoms with van der Waals surface area (Å²) in [7, 11) is -3.57. The van der Waals surface area contributed by atoms with Crippen LogP contribution in [0.3, 0.4) is 0 Å². The molecule has 0 aliphatic heterocycles. The topological polar surface area (TPSA) is 51.2 Å². The predicted molar refractivity (Wildman–Crippen MR) is 70.2 cm³/mol. The van der Waals surface area contributed by atoms with Gasteiger partial charge < -0.3 is 4.79 Å². The largest absolute Gasteiger partial charge is 0.302 e. The average Bonchev–Trinajstić information content (AvgIpc) is 2.39. The number of carbonyl (C=O) groups excluding carboxylic acids is 1. The molecule has 2 rings (SSSR count). The summed E-state index contributed by atoms with van der Waals surface area (Å²) >= 11 is 0. The zero-order valence-corrected chi connectivity index (χ0v) is 11.4. The van der Waals surface area contributed by atoms with Crippen molar-refractivity contribution in [1.29, 1.82) is 0 Å². The standard InChI is InChI=1S/C14H18O3S/c1-12-7-3-4-8-13(12)18(16,17)14(11-15)9-5-2-6-10-14/h3-4,7-8,11H,2,5-6,9-10H2,1H3. The molecule has 0 saturated heterocycles. The van der Waals surface area contributed by atoms with E-state index in [-0.39, 0.29) is 0 Å². The molecule has 1 aliphatic rings. The Morgan fingerprint density at radius 1 is 1.11 bits per heavy atom. The molecule has 3 nitrogen and oxygen atoms in total. The molecule has 0 N–H and O–H groups in total. The Bertz CT molecular complexity index is 540. The lowest BCUT2D eigenvalue weighted by Gasteiger charge is -2.31. The van der Waals surface area contributed by atoms with E-state index in [9.17, 15) is 13.2 Å². The Morgan fingerprint density at radius 2 is 1.72 bits per heavy atom. The number of aryl methyl sites for hydroxylation is 1. The van der Waals surface area contributed by atoms with Crippen molar-refractivity contribution in [3.8, 4) is 0 Å². The highest BCUT2D eigenvalue weighted by atomic mass is 32.2. The third-order valence-corrected chi connectivity index (χ3v) is 6.44. The quantitative estimate of drug-likeness (QED) is 0.790. The van der Waals surface area contributed by atoms with Crippen molar-refractivity contribution in [3.05, 3.63) is 29.8 Å². The van der Waals surface area contributed by atoms with Gasteiger partial charge in [0.15, 0.2) is 9.84 Å². The monoisotopic (exact) mass is 266 g/mol. The molecule has 1 fully saturated rings. The van der Waals surface area contributed by atoms with Crippen LogP contribution in [0.15, 0.2) is 29.2 Å². The first-order chi connectivity index (χ1) is 8.53. The summed E-state index contributed by atoms with van der Waals surface area (Å²) in [6.45, 7) is 1.77. The summed E-state index contributed by atoms with van der Waals surface area (Å²) in [5.41, 5.74) is 0.712. The van der Waals surface area contributed by atoms with Crippen molar-refractivity contribution in [2.75, 3.05) is 0 Å². The molecule has 0 radical (unpaired) electrons. The normalized spacial score (nSPS) is 19.4. The van der Waals surface area contributed by atoms with E-state index in [1.54, 1.807) is 25.1 Å². The van der Waals surface area contributed by atoms with Crippen molar-refractivity contribution in [3.63, 3.8) is 0 Å². The first-order valence-electron chi connectivity index (χ1n) is 6.30. The number of aldehydes is 1. The minimum absolute atomic E-state index is 0.305. The fourth-order valence-corrected chi connectivity index (χ4v) is 4.82. The number of rotatable bonds is 3. The summed E-state index contributed by atoms with van der Waals surface area (Å²) in [4.78, 5) is 11.7. The Morgan fingerprint density at radius 3 is 2.28 bits per heavy atom. The smallest absolute Gasteiger partial charge is 0.191 e. The van der Waals surface area contributed by atoms with Crippen molar-refractivity contribution in [2.24, 2.45) is 0 Å². The molecule has 0 unspecified atom stereocenters. The van der Waals surface area contributed by atoms with Crippen molar-refractivity contribution < 1.29 is 13.2 Å². The van der Waals surface area contributed by atoms with Gasteiger partial charge in [0.2, 0.25) is 0 Å². The molecule has 4 heteroatoms. The summed E-state index contributed by atoms with van der Waals surface area (Å²) in [6, 6.07) is 6.89. The van der Waals surface area contributed by atoms with Gasteiger partial charge in [0.1, 0.15) is 11.0 Å². The Balaban J connectivity index is 2.53. The molecule has 0 amide bonds. The average molecular weight is 266 g/mol. The lowest BCUT2D eigenvalue weighted by Crippen LogP contribution is -2.42. The first kappa shape index (κ1) is 13.3. The second kappa shape index (κ2) is 4.84. The first-order valence-corrected chi connectivity index (χ1v) is 7.78. The number of carbonyl (C=O) groups is 1. The highest BCUT2D eigenvalue weighted by Crippen LogP contribution is 2.38. The zero-order chi connectivity index (χ0) is 13.2. The van der Waals surface area contributed by atoms with E-state index < -0.39 is 14.6 Å². The molecule has 18 heavy (non-hydrogen) atoms. The minimum atomic E-state index is -3.57. The van der Waals surface area contributed by atoms with Crippen molar-refractivity contribution in [1.82, 2.24) is 0 Å². The maximum Gasteiger partial charge on any atom is 0.191 e. The van der Waals surface area contributed by atoms with Gasteiger partial charge in [-0.25, -0.2) is 8.42 Å². The summed E-state index contributed by atoms with van der Waals surface area (Å²) in [5, 5.41) is 0. The highest BCUT2D eigenvalue weighted by molar-refractivity contribution is 7.93. The van der Waals surface area contributed by atoms with E-state index in [0.29, 0.717) is 29.6 Å². The van der Waals surface area contributed by atoms with Gasteiger partial charge in [0.05, 0.1) is 4.90 Å². The van der Waals surface area contributed by atoms with Crippen LogP contribution in [-0.4, -0.2) is 19.5 Å². The van der Waals surface area contributed by atoms with Crippen LogP contribution in [0.2, 0.25) is 0 Å². The van der Waals surface area contributed by atoms with Gasteiger partial charge in [0, 0.05) is 0 Å². The van der Waals surface area contributed by atoms with Crippen LogP contribution in [0.4, 0.5) is 0 Å². The maximum absolute atomic E-state index is 12.7. The molecule has 1 aromatic rings. The van der Waals surface area contributed by atoms with Crippen LogP contribution in [-0.2, 0) is 14.6 Å². The Labute approximate surface area is 108 Å². The van der Waals surface area contributed by atoms with Gasteiger partial charge in [0.25, 0.3) is 0 Å². The molecular formula is C14H18O3S. The molecule has 1 aromatic carbocycles. The van der Waals surface area contributed by atoms with Crippen molar-refractivity contribution >= 4 is 16.1 Å². The van der Waals surface area contributed by atoms with Crippen molar-refractivity contribution in [2.45, 2.75) is 48.7 Å². The van der Waals surface area contributed by atoms with Gasteiger partial charge in [-0.1, -0.05) is 37.5 Å². The molecule has 0 heterocycles. The summed E-state index contributed by atoms with van der Waals surface area (Å²) < 4.78 is 24.3. The van der Waals surface area contributed by atoms with E-state index in [0.717, 1.165) is 19.3 Å². The molecular weight excluding hydrogens is 248 g/mol. The molecule has 1 aliphatic carbocycles. The van der Waals surface area contributed by atoms with Crippen LogP contribution in [0, 0.1) is 6.92 Å². The van der Waals surface area contributed by atoms with Crippen LogP contribution < -0.4 is 0 Å². The molecule has 0 atom stereocenters. The van der Waals surface area contributed by atoms with E-state index in [1.165, 1.54) is 0 Å².